The highest BCUT2D eigenvalue weighted by Crippen LogP contribution is 2.05. The van der Waals surface area contributed by atoms with Crippen molar-refractivity contribution in [1.29, 1.82) is 0 Å². The third kappa shape index (κ3) is 4.27. The van der Waals surface area contributed by atoms with E-state index in [9.17, 15) is 0 Å². The quantitative estimate of drug-likeness (QED) is 0.740. The molecule has 1 aromatic rings. The van der Waals surface area contributed by atoms with Crippen LogP contribution in [0.1, 0.15) is 12.5 Å². The number of hydrogen-bond donors (Lipinski definition) is 2. The Labute approximate surface area is 91.1 Å². The molecule has 0 radical (unpaired) electrons. The molecule has 1 atom stereocenters. The van der Waals surface area contributed by atoms with Crippen molar-refractivity contribution >= 4 is 5.82 Å². The Balaban J connectivity index is 2.42. The van der Waals surface area contributed by atoms with Gasteiger partial charge in [-0.05, 0) is 25.6 Å². The zero-order valence-electron chi connectivity index (χ0n) is 9.58. The third-order valence-electron chi connectivity index (χ3n) is 2.18. The minimum absolute atomic E-state index is 0.198. The van der Waals surface area contributed by atoms with E-state index in [2.05, 4.69) is 21.7 Å². The van der Waals surface area contributed by atoms with Crippen LogP contribution in [0.4, 0.5) is 5.82 Å². The Morgan fingerprint density at radius 1 is 1.47 bits per heavy atom. The van der Waals surface area contributed by atoms with Crippen molar-refractivity contribution in [3.63, 3.8) is 0 Å². The van der Waals surface area contributed by atoms with Gasteiger partial charge in [-0.1, -0.05) is 6.07 Å². The number of aromatic nitrogens is 1. The van der Waals surface area contributed by atoms with Crippen molar-refractivity contribution in [2.24, 2.45) is 0 Å². The van der Waals surface area contributed by atoms with Gasteiger partial charge in [-0.2, -0.15) is 0 Å². The summed E-state index contributed by atoms with van der Waals surface area (Å²) in [5.41, 5.74) is 1.18. The first-order valence-corrected chi connectivity index (χ1v) is 5.12. The van der Waals surface area contributed by atoms with Gasteiger partial charge in [0.05, 0.1) is 6.10 Å². The fraction of sp³-hybridized carbons (Fsp3) is 0.545. The van der Waals surface area contributed by atoms with Gasteiger partial charge in [0.25, 0.3) is 0 Å². The molecule has 0 amide bonds. The fourth-order valence-corrected chi connectivity index (χ4v) is 1.17. The van der Waals surface area contributed by atoms with Gasteiger partial charge in [-0.3, -0.25) is 0 Å². The lowest BCUT2D eigenvalue weighted by molar-refractivity contribution is 0.128. The van der Waals surface area contributed by atoms with Crippen LogP contribution in [-0.4, -0.2) is 31.8 Å². The zero-order chi connectivity index (χ0) is 11.1. The summed E-state index contributed by atoms with van der Waals surface area (Å²) in [5.74, 6) is 0.888. The summed E-state index contributed by atoms with van der Waals surface area (Å²) in [7, 11) is 3.63. The standard InChI is InChI=1S/C11H19N3O/c1-9(15-3)6-13-11-5-4-10(7-12-2)8-14-11/h4-5,8-9,12H,6-7H2,1-3H3,(H,13,14). The van der Waals surface area contributed by atoms with Crippen molar-refractivity contribution in [2.75, 3.05) is 26.0 Å². The summed E-state index contributed by atoms with van der Waals surface area (Å²) in [6, 6.07) is 4.04. The summed E-state index contributed by atoms with van der Waals surface area (Å²) in [4.78, 5) is 4.30. The second-order valence-electron chi connectivity index (χ2n) is 3.51. The molecule has 0 spiro atoms. The Morgan fingerprint density at radius 3 is 2.80 bits per heavy atom. The van der Waals surface area contributed by atoms with Gasteiger partial charge >= 0.3 is 0 Å². The third-order valence-corrected chi connectivity index (χ3v) is 2.18. The van der Waals surface area contributed by atoms with Crippen LogP contribution in [0, 0.1) is 0 Å². The summed E-state index contributed by atoms with van der Waals surface area (Å²) in [6.07, 6.45) is 2.07. The van der Waals surface area contributed by atoms with E-state index in [-0.39, 0.29) is 6.10 Å². The molecule has 0 fully saturated rings. The molecule has 84 valence electrons. The molecule has 4 heteroatoms. The van der Waals surface area contributed by atoms with Gasteiger partial charge in [-0.25, -0.2) is 4.98 Å². The molecule has 1 heterocycles. The Bertz CT molecular complexity index is 274. The minimum atomic E-state index is 0.198. The fourth-order valence-electron chi connectivity index (χ4n) is 1.17. The van der Waals surface area contributed by atoms with Crippen LogP contribution in [0.25, 0.3) is 0 Å². The molecule has 4 nitrogen and oxygen atoms in total. The minimum Gasteiger partial charge on any atom is -0.380 e. The monoisotopic (exact) mass is 209 g/mol. The van der Waals surface area contributed by atoms with Crippen LogP contribution >= 0.6 is 0 Å². The first kappa shape index (κ1) is 11.9. The molecule has 0 aliphatic carbocycles. The van der Waals surface area contributed by atoms with Crippen LogP contribution in [0.2, 0.25) is 0 Å². The molecule has 0 aliphatic heterocycles. The lowest BCUT2D eigenvalue weighted by Gasteiger charge is -2.11. The Kier molecular flexibility index (Phi) is 5.07. The van der Waals surface area contributed by atoms with Crippen molar-refractivity contribution in [3.8, 4) is 0 Å². The molecule has 2 N–H and O–H groups in total. The Hall–Kier alpha value is -1.13. The number of rotatable bonds is 6. The number of pyridine rings is 1. The first-order valence-electron chi connectivity index (χ1n) is 5.12. The molecule has 0 bridgehead atoms. The molecule has 1 unspecified atom stereocenters. The number of ether oxygens (including phenoxy) is 1. The largest absolute Gasteiger partial charge is 0.380 e. The second kappa shape index (κ2) is 6.37. The van der Waals surface area contributed by atoms with E-state index in [4.69, 9.17) is 4.74 Å². The summed E-state index contributed by atoms with van der Waals surface area (Å²) in [6.45, 7) is 3.64. The maximum Gasteiger partial charge on any atom is 0.125 e. The summed E-state index contributed by atoms with van der Waals surface area (Å²) < 4.78 is 5.13. The van der Waals surface area contributed by atoms with Crippen molar-refractivity contribution in [3.05, 3.63) is 23.9 Å². The maximum absolute atomic E-state index is 5.13. The molecule has 0 saturated carbocycles. The topological polar surface area (TPSA) is 46.2 Å². The predicted octanol–water partition coefficient (Wildman–Crippen LogP) is 1.25. The molecule has 0 saturated heterocycles. The van der Waals surface area contributed by atoms with Crippen LogP contribution in [0.15, 0.2) is 18.3 Å². The molecule has 0 aliphatic rings. The SMILES string of the molecule is CNCc1ccc(NCC(C)OC)nc1. The Morgan fingerprint density at radius 2 is 2.27 bits per heavy atom. The van der Waals surface area contributed by atoms with E-state index in [1.807, 2.05) is 26.2 Å². The van der Waals surface area contributed by atoms with Crippen LogP contribution in [0.5, 0.6) is 0 Å². The van der Waals surface area contributed by atoms with E-state index in [1.54, 1.807) is 7.11 Å². The predicted molar refractivity (Wildman–Crippen MR) is 62.0 cm³/mol. The van der Waals surface area contributed by atoms with Crippen molar-refractivity contribution in [2.45, 2.75) is 19.6 Å². The van der Waals surface area contributed by atoms with Crippen LogP contribution in [-0.2, 0) is 11.3 Å². The van der Waals surface area contributed by atoms with E-state index in [0.29, 0.717) is 0 Å². The number of anilines is 1. The molecular weight excluding hydrogens is 190 g/mol. The smallest absolute Gasteiger partial charge is 0.125 e. The first-order chi connectivity index (χ1) is 7.26. The zero-order valence-corrected chi connectivity index (χ0v) is 9.58. The summed E-state index contributed by atoms with van der Waals surface area (Å²) >= 11 is 0. The number of methoxy groups -OCH3 is 1. The van der Waals surface area contributed by atoms with Gasteiger partial charge in [0.15, 0.2) is 0 Å². The van der Waals surface area contributed by atoms with Crippen molar-refractivity contribution < 1.29 is 4.74 Å². The van der Waals surface area contributed by atoms with E-state index < -0.39 is 0 Å². The number of nitrogens with one attached hydrogen (secondary N) is 2. The van der Waals surface area contributed by atoms with Gasteiger partial charge in [0, 0.05) is 26.4 Å². The van der Waals surface area contributed by atoms with E-state index in [1.165, 1.54) is 5.56 Å². The highest BCUT2D eigenvalue weighted by Gasteiger charge is 1.99. The van der Waals surface area contributed by atoms with Crippen molar-refractivity contribution in [1.82, 2.24) is 10.3 Å². The van der Waals surface area contributed by atoms with E-state index in [0.717, 1.165) is 18.9 Å². The highest BCUT2D eigenvalue weighted by atomic mass is 16.5. The lowest BCUT2D eigenvalue weighted by atomic mass is 10.3. The molecular formula is C11H19N3O. The summed E-state index contributed by atoms with van der Waals surface area (Å²) in [5, 5.41) is 6.29. The average Bonchev–Trinajstić information content (AvgIpc) is 2.28. The molecule has 1 aromatic heterocycles. The lowest BCUT2D eigenvalue weighted by Crippen LogP contribution is -2.18. The average molecular weight is 209 g/mol. The van der Waals surface area contributed by atoms with Crippen LogP contribution in [0.3, 0.4) is 0 Å². The normalized spacial score (nSPS) is 12.5. The van der Waals surface area contributed by atoms with Gasteiger partial charge < -0.3 is 15.4 Å². The highest BCUT2D eigenvalue weighted by molar-refractivity contribution is 5.35. The van der Waals surface area contributed by atoms with Gasteiger partial charge in [-0.15, -0.1) is 0 Å². The molecule has 15 heavy (non-hydrogen) atoms. The van der Waals surface area contributed by atoms with Crippen LogP contribution < -0.4 is 10.6 Å². The van der Waals surface area contributed by atoms with Gasteiger partial charge in [0.1, 0.15) is 5.82 Å². The second-order valence-corrected chi connectivity index (χ2v) is 3.51. The number of nitrogens with zero attached hydrogens (tertiary/aromatic N) is 1. The van der Waals surface area contributed by atoms with Gasteiger partial charge in [0.2, 0.25) is 0 Å². The molecule has 0 aromatic carbocycles. The maximum atomic E-state index is 5.13. The molecule has 1 rings (SSSR count). The van der Waals surface area contributed by atoms with E-state index >= 15 is 0 Å². The number of hydrogen-bond acceptors (Lipinski definition) is 4.